The molecular formula is C17H15Cl2NO. The molecule has 3 rings (SSSR count). The predicted octanol–water partition coefficient (Wildman–Crippen LogP) is 4.41. The van der Waals surface area contributed by atoms with Crippen LogP contribution in [0.15, 0.2) is 48.5 Å². The molecule has 0 unspecified atom stereocenters. The molecule has 0 spiro atoms. The Morgan fingerprint density at radius 3 is 2.57 bits per heavy atom. The van der Waals surface area contributed by atoms with Gasteiger partial charge in [-0.3, -0.25) is 4.79 Å². The Morgan fingerprint density at radius 1 is 1.10 bits per heavy atom. The van der Waals surface area contributed by atoms with Gasteiger partial charge in [0.15, 0.2) is 0 Å². The van der Waals surface area contributed by atoms with Gasteiger partial charge in [-0.2, -0.15) is 0 Å². The monoisotopic (exact) mass is 319 g/mol. The number of halogens is 2. The van der Waals surface area contributed by atoms with Crippen molar-refractivity contribution in [1.29, 1.82) is 0 Å². The first-order valence-corrected chi connectivity index (χ1v) is 7.67. The van der Waals surface area contributed by atoms with Crippen molar-refractivity contribution in [3.63, 3.8) is 0 Å². The van der Waals surface area contributed by atoms with Crippen LogP contribution in [0.2, 0.25) is 10.0 Å². The van der Waals surface area contributed by atoms with E-state index in [4.69, 9.17) is 23.2 Å². The third-order valence-corrected chi connectivity index (χ3v) is 4.54. The van der Waals surface area contributed by atoms with Crippen molar-refractivity contribution in [3.05, 3.63) is 69.7 Å². The van der Waals surface area contributed by atoms with Crippen molar-refractivity contribution < 1.29 is 4.79 Å². The van der Waals surface area contributed by atoms with Crippen molar-refractivity contribution >= 4 is 29.1 Å². The molecule has 2 aromatic rings. The van der Waals surface area contributed by atoms with E-state index in [1.54, 1.807) is 12.1 Å². The molecule has 0 bridgehead atoms. The SMILES string of the molecule is O=C(NCc1ccc(Cl)c(Cl)c1)[C@@H]1C[C@H]1c1ccccc1. The van der Waals surface area contributed by atoms with Gasteiger partial charge in [0.2, 0.25) is 5.91 Å². The molecule has 1 saturated carbocycles. The highest BCUT2D eigenvalue weighted by molar-refractivity contribution is 6.42. The van der Waals surface area contributed by atoms with Gasteiger partial charge in [0.05, 0.1) is 10.0 Å². The summed E-state index contributed by atoms with van der Waals surface area (Å²) >= 11 is 11.8. The second-order valence-corrected chi connectivity index (χ2v) is 6.14. The molecule has 1 amide bonds. The van der Waals surface area contributed by atoms with E-state index < -0.39 is 0 Å². The number of hydrogen-bond acceptors (Lipinski definition) is 1. The van der Waals surface area contributed by atoms with E-state index in [2.05, 4.69) is 17.4 Å². The molecule has 0 saturated heterocycles. The van der Waals surface area contributed by atoms with Crippen LogP contribution in [0.1, 0.15) is 23.5 Å². The zero-order chi connectivity index (χ0) is 14.8. The molecule has 4 heteroatoms. The summed E-state index contributed by atoms with van der Waals surface area (Å²) < 4.78 is 0. The van der Waals surface area contributed by atoms with Crippen LogP contribution in [0.3, 0.4) is 0 Å². The maximum absolute atomic E-state index is 12.1. The number of rotatable bonds is 4. The van der Waals surface area contributed by atoms with Gasteiger partial charge in [0, 0.05) is 12.5 Å². The molecule has 2 atom stereocenters. The number of amides is 1. The average molecular weight is 320 g/mol. The topological polar surface area (TPSA) is 29.1 Å². The highest BCUT2D eigenvalue weighted by Crippen LogP contribution is 2.47. The summed E-state index contributed by atoms with van der Waals surface area (Å²) in [5, 5.41) is 4.00. The fourth-order valence-corrected chi connectivity index (χ4v) is 2.84. The summed E-state index contributed by atoms with van der Waals surface area (Å²) in [6.07, 6.45) is 0.928. The zero-order valence-corrected chi connectivity index (χ0v) is 12.9. The summed E-state index contributed by atoms with van der Waals surface area (Å²) in [6, 6.07) is 15.6. The fraction of sp³-hybridized carbons (Fsp3) is 0.235. The molecule has 2 nitrogen and oxygen atoms in total. The molecule has 0 aliphatic heterocycles. The lowest BCUT2D eigenvalue weighted by atomic mass is 10.1. The Kier molecular flexibility index (Phi) is 4.18. The minimum atomic E-state index is 0.0928. The quantitative estimate of drug-likeness (QED) is 0.888. The average Bonchev–Trinajstić information content (AvgIpc) is 3.30. The molecular weight excluding hydrogens is 305 g/mol. The molecule has 1 fully saturated rings. The van der Waals surface area contributed by atoms with E-state index in [1.165, 1.54) is 5.56 Å². The zero-order valence-electron chi connectivity index (χ0n) is 11.4. The Morgan fingerprint density at radius 2 is 1.86 bits per heavy atom. The molecule has 1 aliphatic carbocycles. The second kappa shape index (κ2) is 6.08. The summed E-state index contributed by atoms with van der Waals surface area (Å²) in [6.45, 7) is 0.480. The molecule has 21 heavy (non-hydrogen) atoms. The minimum Gasteiger partial charge on any atom is -0.352 e. The molecule has 0 aromatic heterocycles. The second-order valence-electron chi connectivity index (χ2n) is 5.33. The summed E-state index contributed by atoms with van der Waals surface area (Å²) in [7, 11) is 0. The van der Waals surface area contributed by atoms with Crippen LogP contribution in [-0.4, -0.2) is 5.91 Å². The predicted molar refractivity (Wildman–Crippen MR) is 85.6 cm³/mol. The highest BCUT2D eigenvalue weighted by atomic mass is 35.5. The number of benzene rings is 2. The van der Waals surface area contributed by atoms with Crippen LogP contribution in [-0.2, 0) is 11.3 Å². The smallest absolute Gasteiger partial charge is 0.224 e. The summed E-state index contributed by atoms with van der Waals surface area (Å²) in [4.78, 5) is 12.1. The third kappa shape index (κ3) is 3.39. The van der Waals surface area contributed by atoms with Crippen LogP contribution in [0, 0.1) is 5.92 Å². The van der Waals surface area contributed by atoms with Gasteiger partial charge in [-0.15, -0.1) is 0 Å². The van der Waals surface area contributed by atoms with E-state index >= 15 is 0 Å². The number of carbonyl (C=O) groups is 1. The first-order valence-electron chi connectivity index (χ1n) is 6.92. The van der Waals surface area contributed by atoms with E-state index in [-0.39, 0.29) is 11.8 Å². The van der Waals surface area contributed by atoms with Crippen LogP contribution >= 0.6 is 23.2 Å². The number of nitrogens with one attached hydrogen (secondary N) is 1. The Hall–Kier alpha value is -1.51. The van der Waals surface area contributed by atoms with Gasteiger partial charge < -0.3 is 5.32 Å². The lowest BCUT2D eigenvalue weighted by Crippen LogP contribution is -2.24. The minimum absolute atomic E-state index is 0.0928. The van der Waals surface area contributed by atoms with E-state index in [0.717, 1.165) is 12.0 Å². The van der Waals surface area contributed by atoms with Crippen LogP contribution in [0.4, 0.5) is 0 Å². The fourth-order valence-electron chi connectivity index (χ4n) is 2.52. The molecule has 108 valence electrons. The third-order valence-electron chi connectivity index (χ3n) is 3.81. The Balaban J connectivity index is 1.55. The number of hydrogen-bond donors (Lipinski definition) is 1. The van der Waals surface area contributed by atoms with Crippen LogP contribution in [0.25, 0.3) is 0 Å². The molecule has 1 N–H and O–H groups in total. The van der Waals surface area contributed by atoms with Gasteiger partial charge >= 0.3 is 0 Å². The largest absolute Gasteiger partial charge is 0.352 e. The maximum atomic E-state index is 12.1. The first kappa shape index (κ1) is 14.4. The van der Waals surface area contributed by atoms with E-state index in [9.17, 15) is 4.79 Å². The van der Waals surface area contributed by atoms with E-state index in [0.29, 0.717) is 22.5 Å². The van der Waals surface area contributed by atoms with Crippen LogP contribution < -0.4 is 5.32 Å². The van der Waals surface area contributed by atoms with E-state index in [1.807, 2.05) is 24.3 Å². The maximum Gasteiger partial charge on any atom is 0.224 e. The lowest BCUT2D eigenvalue weighted by Gasteiger charge is -2.06. The van der Waals surface area contributed by atoms with Gasteiger partial charge in [0.25, 0.3) is 0 Å². The van der Waals surface area contributed by atoms with Gasteiger partial charge in [-0.05, 0) is 35.6 Å². The Bertz CT molecular complexity index is 657. The van der Waals surface area contributed by atoms with Gasteiger partial charge in [-0.25, -0.2) is 0 Å². The highest BCUT2D eigenvalue weighted by Gasteiger charge is 2.43. The standard InChI is InChI=1S/C17H15Cl2NO/c18-15-7-6-11(8-16(15)19)10-20-17(21)14-9-13(14)12-4-2-1-3-5-12/h1-8,13-14H,9-10H2,(H,20,21)/t13-,14+/m0/s1. The summed E-state index contributed by atoms with van der Waals surface area (Å²) in [5.74, 6) is 0.560. The summed E-state index contributed by atoms with van der Waals surface area (Å²) in [5.41, 5.74) is 2.20. The normalized spacial score (nSPS) is 20.1. The molecule has 2 aromatic carbocycles. The molecule has 1 aliphatic rings. The number of carbonyl (C=O) groups excluding carboxylic acids is 1. The Labute approximate surface area is 134 Å². The van der Waals surface area contributed by atoms with Crippen molar-refractivity contribution in [2.45, 2.75) is 18.9 Å². The molecule has 0 radical (unpaired) electrons. The van der Waals surface area contributed by atoms with Gasteiger partial charge in [0.1, 0.15) is 0 Å². The van der Waals surface area contributed by atoms with Crippen LogP contribution in [0.5, 0.6) is 0 Å². The van der Waals surface area contributed by atoms with Gasteiger partial charge in [-0.1, -0.05) is 59.6 Å². The first-order chi connectivity index (χ1) is 10.1. The van der Waals surface area contributed by atoms with Crippen molar-refractivity contribution in [2.75, 3.05) is 0 Å². The van der Waals surface area contributed by atoms with Crippen molar-refractivity contribution in [3.8, 4) is 0 Å². The van der Waals surface area contributed by atoms with Crippen molar-refractivity contribution in [1.82, 2.24) is 5.32 Å². The van der Waals surface area contributed by atoms with Crippen molar-refractivity contribution in [2.24, 2.45) is 5.92 Å². The lowest BCUT2D eigenvalue weighted by molar-refractivity contribution is -0.122. The molecule has 0 heterocycles.